The van der Waals surface area contributed by atoms with Crippen molar-refractivity contribution in [3.8, 4) is 22.6 Å². The van der Waals surface area contributed by atoms with Crippen LogP contribution in [0.1, 0.15) is 53.7 Å². The number of methoxy groups -OCH3 is 3. The number of nitrogens with zero attached hydrogens (tertiary/aromatic N) is 1. The van der Waals surface area contributed by atoms with Crippen LogP contribution in [0, 0.1) is 12.7 Å². The van der Waals surface area contributed by atoms with Gasteiger partial charge in [-0.25, -0.2) is 9.18 Å². The number of aryl methyl sites for hydroxylation is 1. The molecule has 4 aromatic rings. The zero-order valence-corrected chi connectivity index (χ0v) is 26.8. The van der Waals surface area contributed by atoms with E-state index in [9.17, 15) is 14.0 Å². The molecule has 0 aliphatic carbocycles. The number of rotatable bonds is 10. The summed E-state index contributed by atoms with van der Waals surface area (Å²) in [6.07, 6.45) is 2.49. The van der Waals surface area contributed by atoms with Gasteiger partial charge in [0, 0.05) is 30.6 Å². The van der Waals surface area contributed by atoms with Crippen LogP contribution in [0.25, 0.3) is 21.9 Å². The predicted molar refractivity (Wildman–Crippen MR) is 174 cm³/mol. The molecule has 1 aliphatic rings. The maximum absolute atomic E-state index is 14.6. The summed E-state index contributed by atoms with van der Waals surface area (Å²) in [5.74, 6) is -0.485. The summed E-state index contributed by atoms with van der Waals surface area (Å²) in [6, 6.07) is 20.3. The van der Waals surface area contributed by atoms with Crippen molar-refractivity contribution in [3.63, 3.8) is 0 Å². The molecule has 0 saturated carbocycles. The number of halogens is 1. The maximum Gasteiger partial charge on any atom is 0.328 e. The fraction of sp³-hybridized carbons (Fsp3) is 0.351. The van der Waals surface area contributed by atoms with Crippen LogP contribution in [0.3, 0.4) is 0 Å². The fourth-order valence-electron chi connectivity index (χ4n) is 6.62. The van der Waals surface area contributed by atoms with Gasteiger partial charge in [-0.1, -0.05) is 54.6 Å². The summed E-state index contributed by atoms with van der Waals surface area (Å²) < 4.78 is 31.6. The monoisotopic (exact) mass is 612 g/mol. The maximum atomic E-state index is 14.6. The van der Waals surface area contributed by atoms with E-state index in [1.165, 1.54) is 26.0 Å². The molecule has 5 rings (SSSR count). The molecule has 0 radical (unpaired) electrons. The number of carbonyl (C=O) groups excluding carboxylic acids is 2. The normalized spacial score (nSPS) is 17.2. The van der Waals surface area contributed by atoms with Gasteiger partial charge in [0.15, 0.2) is 0 Å². The first-order valence-corrected chi connectivity index (χ1v) is 15.3. The third kappa shape index (κ3) is 6.38. The number of ether oxygens (including phenoxy) is 3. The summed E-state index contributed by atoms with van der Waals surface area (Å²) in [6.45, 7) is 6.96. The molecule has 2 unspecified atom stereocenters. The van der Waals surface area contributed by atoms with Crippen LogP contribution in [0.2, 0.25) is 0 Å². The third-order valence-electron chi connectivity index (χ3n) is 9.06. The Morgan fingerprint density at radius 2 is 1.58 bits per heavy atom. The number of benzene rings is 4. The minimum Gasteiger partial charge on any atom is -0.496 e. The number of hydrogen-bond acceptors (Lipinski definition) is 6. The summed E-state index contributed by atoms with van der Waals surface area (Å²) in [4.78, 5) is 28.6. The standard InChI is InChI=1S/C37H41FN2O5/c1-22-10-7-15-30(38)33(22)36(41)39-31(37(42)45-6)20-25-11-8-13-28-27(25)12-9-14-29(28)34-32(43-4)19-18-26(35(34)44-5)21-40-23(2)16-17-24(40)3/h7-15,18-19,23-24,31H,16-17,20-21H2,1-6H3,(H,39,41)/t23?,24?,31-/m0/s1. The van der Waals surface area contributed by atoms with Gasteiger partial charge >= 0.3 is 5.97 Å². The molecule has 1 fully saturated rings. The van der Waals surface area contributed by atoms with Gasteiger partial charge in [-0.05, 0) is 73.2 Å². The van der Waals surface area contributed by atoms with E-state index in [-0.39, 0.29) is 12.0 Å². The van der Waals surface area contributed by atoms with Gasteiger partial charge in [-0.15, -0.1) is 0 Å². The van der Waals surface area contributed by atoms with E-state index in [1.54, 1.807) is 33.3 Å². The second-order valence-electron chi connectivity index (χ2n) is 11.8. The largest absolute Gasteiger partial charge is 0.496 e. The lowest BCUT2D eigenvalue weighted by molar-refractivity contribution is -0.142. The van der Waals surface area contributed by atoms with Crippen molar-refractivity contribution in [2.45, 2.75) is 64.7 Å². The third-order valence-corrected chi connectivity index (χ3v) is 9.06. The van der Waals surface area contributed by atoms with Gasteiger partial charge in [0.1, 0.15) is 23.4 Å². The molecule has 3 atom stereocenters. The number of hydrogen-bond donors (Lipinski definition) is 1. The Bertz CT molecular complexity index is 1690. The Morgan fingerprint density at radius 3 is 2.24 bits per heavy atom. The number of amides is 1. The van der Waals surface area contributed by atoms with Crippen molar-refractivity contribution >= 4 is 22.6 Å². The summed E-state index contributed by atoms with van der Waals surface area (Å²) >= 11 is 0. The van der Waals surface area contributed by atoms with Crippen LogP contribution in [0.4, 0.5) is 4.39 Å². The molecule has 45 heavy (non-hydrogen) atoms. The zero-order chi connectivity index (χ0) is 32.2. The van der Waals surface area contributed by atoms with E-state index in [0.717, 1.165) is 45.3 Å². The lowest BCUT2D eigenvalue weighted by atomic mass is 9.91. The van der Waals surface area contributed by atoms with Crippen LogP contribution in [0.5, 0.6) is 11.5 Å². The lowest BCUT2D eigenvalue weighted by Crippen LogP contribution is -2.43. The molecule has 0 spiro atoms. The Kier molecular flexibility index (Phi) is 9.73. The molecular formula is C37H41FN2O5. The molecule has 1 saturated heterocycles. The molecule has 1 aliphatic heterocycles. The van der Waals surface area contributed by atoms with Gasteiger partial charge in [-0.3, -0.25) is 9.69 Å². The highest BCUT2D eigenvalue weighted by molar-refractivity contribution is 6.02. The minimum atomic E-state index is -1.03. The Labute approximate surface area is 264 Å². The molecule has 236 valence electrons. The molecule has 0 bridgehead atoms. The zero-order valence-electron chi connectivity index (χ0n) is 26.8. The molecular weight excluding hydrogens is 571 g/mol. The smallest absolute Gasteiger partial charge is 0.328 e. The van der Waals surface area contributed by atoms with Gasteiger partial charge in [0.2, 0.25) is 0 Å². The first-order valence-electron chi connectivity index (χ1n) is 15.3. The molecule has 8 heteroatoms. The number of likely N-dealkylation sites (tertiary alicyclic amines) is 1. The van der Waals surface area contributed by atoms with Gasteiger partial charge in [0.05, 0.1) is 32.5 Å². The number of carbonyl (C=O) groups is 2. The number of esters is 1. The van der Waals surface area contributed by atoms with E-state index < -0.39 is 23.7 Å². The van der Waals surface area contributed by atoms with Crippen molar-refractivity contribution in [1.82, 2.24) is 10.2 Å². The number of fused-ring (bicyclic) bond motifs is 1. The van der Waals surface area contributed by atoms with Crippen LogP contribution in [-0.4, -0.2) is 56.2 Å². The van der Waals surface area contributed by atoms with Crippen LogP contribution in [0.15, 0.2) is 66.7 Å². The summed E-state index contributed by atoms with van der Waals surface area (Å²) in [5, 5.41) is 4.55. The van der Waals surface area contributed by atoms with Crippen molar-refractivity contribution in [2.75, 3.05) is 21.3 Å². The molecule has 1 heterocycles. The molecule has 7 nitrogen and oxygen atoms in total. The van der Waals surface area contributed by atoms with Crippen LogP contribution in [-0.2, 0) is 22.5 Å². The average Bonchev–Trinajstić information content (AvgIpc) is 3.35. The summed E-state index contributed by atoms with van der Waals surface area (Å²) in [5.41, 5.74) is 4.07. The van der Waals surface area contributed by atoms with Crippen LogP contribution >= 0.6 is 0 Å². The lowest BCUT2D eigenvalue weighted by Gasteiger charge is -2.28. The van der Waals surface area contributed by atoms with Crippen molar-refractivity contribution in [3.05, 3.63) is 94.8 Å². The Hall–Kier alpha value is -4.43. The second kappa shape index (κ2) is 13.7. The molecule has 0 aromatic heterocycles. The van der Waals surface area contributed by atoms with Crippen LogP contribution < -0.4 is 14.8 Å². The number of nitrogens with one attached hydrogen (secondary N) is 1. The summed E-state index contributed by atoms with van der Waals surface area (Å²) in [7, 11) is 4.61. The van der Waals surface area contributed by atoms with E-state index in [1.807, 2.05) is 42.5 Å². The highest BCUT2D eigenvalue weighted by atomic mass is 19.1. The Balaban J connectivity index is 1.56. The highest BCUT2D eigenvalue weighted by Crippen LogP contribution is 2.45. The average molecular weight is 613 g/mol. The second-order valence-corrected chi connectivity index (χ2v) is 11.8. The quantitative estimate of drug-likeness (QED) is 0.197. The van der Waals surface area contributed by atoms with Crippen molar-refractivity contribution in [1.29, 1.82) is 0 Å². The van der Waals surface area contributed by atoms with Gasteiger partial charge in [0.25, 0.3) is 5.91 Å². The topological polar surface area (TPSA) is 77.1 Å². The molecule has 1 N–H and O–H groups in total. The van der Waals surface area contributed by atoms with E-state index in [4.69, 9.17) is 14.2 Å². The SMILES string of the molecule is COC(=O)[C@H](Cc1cccc2c(-c3c(OC)ccc(CN4C(C)CCC4C)c3OC)cccc12)NC(=O)c1c(C)cccc1F. The Morgan fingerprint density at radius 1 is 0.889 bits per heavy atom. The van der Waals surface area contributed by atoms with Gasteiger partial charge < -0.3 is 19.5 Å². The highest BCUT2D eigenvalue weighted by Gasteiger charge is 2.30. The first kappa shape index (κ1) is 32.0. The van der Waals surface area contributed by atoms with Crippen molar-refractivity contribution in [2.24, 2.45) is 0 Å². The van der Waals surface area contributed by atoms with E-state index >= 15 is 0 Å². The predicted octanol–water partition coefficient (Wildman–Crippen LogP) is 6.86. The minimum absolute atomic E-state index is 0.0941. The van der Waals surface area contributed by atoms with E-state index in [0.29, 0.717) is 23.4 Å². The first-order chi connectivity index (χ1) is 21.7. The molecule has 4 aromatic carbocycles. The molecule has 1 amide bonds. The van der Waals surface area contributed by atoms with Gasteiger partial charge in [-0.2, -0.15) is 0 Å². The van der Waals surface area contributed by atoms with Crippen molar-refractivity contribution < 1.29 is 28.2 Å². The van der Waals surface area contributed by atoms with E-state index in [2.05, 4.69) is 30.1 Å². The fourth-order valence-corrected chi connectivity index (χ4v) is 6.62.